The molecule has 116 valence electrons. The third-order valence-electron chi connectivity index (χ3n) is 3.82. The first-order valence-electron chi connectivity index (χ1n) is 7.16. The zero-order valence-corrected chi connectivity index (χ0v) is 13.9. The lowest BCUT2D eigenvalue weighted by atomic mass is 10.1. The molecule has 2 amide bonds. The second-order valence-electron chi connectivity index (χ2n) is 5.37. The average molecular weight is 335 g/mol. The number of piperidine rings is 1. The van der Waals surface area contributed by atoms with Gasteiger partial charge in [0.2, 0.25) is 5.91 Å². The van der Waals surface area contributed by atoms with Gasteiger partial charge in [0.25, 0.3) is 5.91 Å². The minimum Gasteiger partial charge on any atom is -0.347 e. The van der Waals surface area contributed by atoms with Crippen molar-refractivity contribution in [1.29, 1.82) is 0 Å². The predicted molar refractivity (Wildman–Crippen MR) is 89.5 cm³/mol. The lowest BCUT2D eigenvalue weighted by Gasteiger charge is -2.32. The van der Waals surface area contributed by atoms with Gasteiger partial charge in [-0.25, -0.2) is 0 Å². The fourth-order valence-corrected chi connectivity index (χ4v) is 4.41. The van der Waals surface area contributed by atoms with E-state index in [2.05, 4.69) is 16.3 Å². The maximum absolute atomic E-state index is 12.4. The van der Waals surface area contributed by atoms with Crippen molar-refractivity contribution in [2.24, 2.45) is 0 Å². The molecule has 1 aliphatic rings. The first-order chi connectivity index (χ1) is 10.6. The molecule has 2 aromatic heterocycles. The van der Waals surface area contributed by atoms with Crippen molar-refractivity contribution in [2.75, 3.05) is 13.1 Å². The highest BCUT2D eigenvalue weighted by Crippen LogP contribution is 2.29. The van der Waals surface area contributed by atoms with Gasteiger partial charge in [0.15, 0.2) is 0 Å². The third kappa shape index (κ3) is 2.91. The normalized spacial score (nSPS) is 18.4. The van der Waals surface area contributed by atoms with Crippen molar-refractivity contribution in [3.05, 3.63) is 28.5 Å². The van der Waals surface area contributed by atoms with Crippen LogP contribution in [0.4, 0.5) is 0 Å². The molecule has 1 fully saturated rings. The highest BCUT2D eigenvalue weighted by molar-refractivity contribution is 7.22. The summed E-state index contributed by atoms with van der Waals surface area (Å²) in [7, 11) is 0. The molecule has 3 rings (SSSR count). The summed E-state index contributed by atoms with van der Waals surface area (Å²) in [5.41, 5.74) is 0. The Bertz CT molecular complexity index is 734. The van der Waals surface area contributed by atoms with Crippen LogP contribution in [0.1, 0.15) is 27.4 Å². The maximum Gasteiger partial charge on any atom is 0.261 e. The molecule has 5 nitrogen and oxygen atoms in total. The van der Waals surface area contributed by atoms with Gasteiger partial charge in [-0.3, -0.25) is 9.59 Å². The summed E-state index contributed by atoms with van der Waals surface area (Å²) in [5, 5.41) is 4.10. The number of amides is 2. The molecular formula is C15H17N3O2S2. The predicted octanol–water partition coefficient (Wildman–Crippen LogP) is 2.57. The SMILES string of the molecule is C=CC(=O)N1CCC[C@H](NC(=O)c2cc3c(C)snc3s2)C1. The molecule has 0 aromatic carbocycles. The van der Waals surface area contributed by atoms with Crippen molar-refractivity contribution in [3.63, 3.8) is 0 Å². The second kappa shape index (κ2) is 6.18. The van der Waals surface area contributed by atoms with Crippen LogP contribution in [0.5, 0.6) is 0 Å². The molecule has 0 spiro atoms. The summed E-state index contributed by atoms with van der Waals surface area (Å²) < 4.78 is 4.33. The Kier molecular flexibility index (Phi) is 4.26. The van der Waals surface area contributed by atoms with Crippen LogP contribution in [0, 0.1) is 6.92 Å². The first kappa shape index (κ1) is 15.2. The van der Waals surface area contributed by atoms with Gasteiger partial charge >= 0.3 is 0 Å². The van der Waals surface area contributed by atoms with Crippen molar-refractivity contribution in [3.8, 4) is 0 Å². The molecule has 1 atom stereocenters. The smallest absolute Gasteiger partial charge is 0.261 e. The Hall–Kier alpha value is -1.73. The van der Waals surface area contributed by atoms with E-state index in [1.165, 1.54) is 28.9 Å². The molecule has 7 heteroatoms. The molecular weight excluding hydrogens is 318 g/mol. The van der Waals surface area contributed by atoms with Crippen LogP contribution in [-0.4, -0.2) is 40.2 Å². The topological polar surface area (TPSA) is 62.3 Å². The summed E-state index contributed by atoms with van der Waals surface area (Å²) in [5.74, 6) is -0.152. The summed E-state index contributed by atoms with van der Waals surface area (Å²) in [6.07, 6.45) is 3.11. The molecule has 1 N–H and O–H groups in total. The number of nitrogens with one attached hydrogen (secondary N) is 1. The fourth-order valence-electron chi connectivity index (χ4n) is 2.65. The molecule has 1 aliphatic heterocycles. The number of carbonyl (C=O) groups is 2. The maximum atomic E-state index is 12.4. The minimum absolute atomic E-state index is 0.00141. The lowest BCUT2D eigenvalue weighted by molar-refractivity contribution is -0.127. The van der Waals surface area contributed by atoms with E-state index in [9.17, 15) is 9.59 Å². The number of rotatable bonds is 3. The van der Waals surface area contributed by atoms with Gasteiger partial charge in [-0.05, 0) is 43.4 Å². The quantitative estimate of drug-likeness (QED) is 0.877. The summed E-state index contributed by atoms with van der Waals surface area (Å²) in [4.78, 5) is 28.5. The zero-order chi connectivity index (χ0) is 15.7. The number of fused-ring (bicyclic) bond motifs is 1. The monoisotopic (exact) mass is 335 g/mol. The number of likely N-dealkylation sites (tertiary alicyclic amines) is 1. The molecule has 0 bridgehead atoms. The largest absolute Gasteiger partial charge is 0.347 e. The second-order valence-corrected chi connectivity index (χ2v) is 7.38. The molecule has 3 heterocycles. The van der Waals surface area contributed by atoms with Gasteiger partial charge in [0.1, 0.15) is 4.83 Å². The van der Waals surface area contributed by atoms with Gasteiger partial charge in [-0.15, -0.1) is 11.3 Å². The third-order valence-corrected chi connectivity index (χ3v) is 5.73. The van der Waals surface area contributed by atoms with E-state index in [0.29, 0.717) is 11.4 Å². The highest BCUT2D eigenvalue weighted by atomic mass is 32.1. The van der Waals surface area contributed by atoms with Crippen LogP contribution in [0.2, 0.25) is 0 Å². The number of nitrogens with zero attached hydrogens (tertiary/aromatic N) is 2. The Morgan fingerprint density at radius 3 is 3.09 bits per heavy atom. The van der Waals surface area contributed by atoms with E-state index >= 15 is 0 Å². The molecule has 2 aromatic rings. The number of aryl methyl sites for hydroxylation is 1. The van der Waals surface area contributed by atoms with Crippen LogP contribution in [0.3, 0.4) is 0 Å². The van der Waals surface area contributed by atoms with Gasteiger partial charge in [-0.2, -0.15) is 4.37 Å². The lowest BCUT2D eigenvalue weighted by Crippen LogP contribution is -2.49. The van der Waals surface area contributed by atoms with E-state index < -0.39 is 0 Å². The molecule has 1 saturated heterocycles. The van der Waals surface area contributed by atoms with Crippen LogP contribution in [0.25, 0.3) is 10.2 Å². The number of aromatic nitrogens is 1. The molecule has 0 aliphatic carbocycles. The number of thiophene rings is 1. The average Bonchev–Trinajstić information content (AvgIpc) is 3.09. The Morgan fingerprint density at radius 1 is 1.55 bits per heavy atom. The highest BCUT2D eigenvalue weighted by Gasteiger charge is 2.24. The first-order valence-corrected chi connectivity index (χ1v) is 8.75. The Morgan fingerprint density at radius 2 is 2.36 bits per heavy atom. The Labute approximate surface area is 136 Å². The summed E-state index contributed by atoms with van der Waals surface area (Å²) in [6.45, 7) is 6.80. The van der Waals surface area contributed by atoms with Crippen LogP contribution in [0.15, 0.2) is 18.7 Å². The van der Waals surface area contributed by atoms with Gasteiger partial charge < -0.3 is 10.2 Å². The van der Waals surface area contributed by atoms with E-state index in [-0.39, 0.29) is 17.9 Å². The van der Waals surface area contributed by atoms with Crippen LogP contribution < -0.4 is 5.32 Å². The van der Waals surface area contributed by atoms with Gasteiger partial charge in [-0.1, -0.05) is 6.58 Å². The van der Waals surface area contributed by atoms with E-state index in [0.717, 1.165) is 34.5 Å². The van der Waals surface area contributed by atoms with Crippen molar-refractivity contribution in [2.45, 2.75) is 25.8 Å². The molecule has 22 heavy (non-hydrogen) atoms. The van der Waals surface area contributed by atoms with E-state index in [4.69, 9.17) is 0 Å². The molecule has 0 unspecified atom stereocenters. The van der Waals surface area contributed by atoms with Crippen molar-refractivity contribution in [1.82, 2.24) is 14.6 Å². The van der Waals surface area contributed by atoms with Gasteiger partial charge in [0, 0.05) is 29.4 Å². The zero-order valence-electron chi connectivity index (χ0n) is 12.3. The molecule has 0 radical (unpaired) electrons. The van der Waals surface area contributed by atoms with Crippen LogP contribution >= 0.6 is 22.9 Å². The number of hydrogen-bond donors (Lipinski definition) is 1. The van der Waals surface area contributed by atoms with Crippen LogP contribution in [-0.2, 0) is 4.79 Å². The van der Waals surface area contributed by atoms with Crippen molar-refractivity contribution >= 4 is 44.9 Å². The summed E-state index contributed by atoms with van der Waals surface area (Å²) >= 11 is 2.88. The molecule has 0 saturated carbocycles. The number of carbonyl (C=O) groups excluding carboxylic acids is 2. The van der Waals surface area contributed by atoms with E-state index in [1.807, 2.05) is 13.0 Å². The van der Waals surface area contributed by atoms with Gasteiger partial charge in [0.05, 0.1) is 4.88 Å². The van der Waals surface area contributed by atoms with Crippen molar-refractivity contribution < 1.29 is 9.59 Å². The minimum atomic E-state index is -0.0784. The standard InChI is InChI=1S/C15H17N3O2S2/c1-3-13(19)18-6-4-5-10(8-18)16-14(20)12-7-11-9(2)22-17-15(11)21-12/h3,7,10H,1,4-6,8H2,2H3,(H,16,20)/t10-/m0/s1. The fraction of sp³-hybridized carbons (Fsp3) is 0.400. The summed E-state index contributed by atoms with van der Waals surface area (Å²) in [6, 6.07) is 1.90. The number of hydrogen-bond acceptors (Lipinski definition) is 5. The van der Waals surface area contributed by atoms with E-state index in [1.54, 1.807) is 4.90 Å². The Balaban J connectivity index is 1.68.